The quantitative estimate of drug-likeness (QED) is 0.0195. The number of hydrogen-bond acceptors (Lipinski definition) is 8. The van der Waals surface area contributed by atoms with E-state index >= 15 is 0 Å². The first-order valence-electron chi connectivity index (χ1n) is 31.1. The van der Waals surface area contributed by atoms with Crippen molar-refractivity contribution in [1.29, 1.82) is 0 Å². The molecule has 436 valence electrons. The maximum Gasteiger partial charge on any atom is 0.306 e. The molecule has 0 fully saturated rings. The molecule has 2 atom stereocenters. The van der Waals surface area contributed by atoms with Crippen molar-refractivity contribution < 1.29 is 42.1 Å². The number of hydrogen-bond donors (Lipinski definition) is 0. The van der Waals surface area contributed by atoms with Crippen molar-refractivity contribution in [2.45, 2.75) is 283 Å². The molecule has 0 heterocycles. The molecule has 0 aromatic heterocycles. The lowest BCUT2D eigenvalue weighted by atomic mass is 10.0. The van der Waals surface area contributed by atoms with Crippen molar-refractivity contribution in [3.05, 3.63) is 72.9 Å². The summed E-state index contributed by atoms with van der Waals surface area (Å²) in [5, 5.41) is 0. The molecular formula is C65H118NO8P. The predicted octanol–water partition coefficient (Wildman–Crippen LogP) is 19.0. The van der Waals surface area contributed by atoms with E-state index in [4.69, 9.17) is 18.5 Å². The van der Waals surface area contributed by atoms with Crippen LogP contribution in [0.2, 0.25) is 0 Å². The monoisotopic (exact) mass is 1070 g/mol. The predicted molar refractivity (Wildman–Crippen MR) is 319 cm³/mol. The molecule has 0 aromatic carbocycles. The molecule has 0 spiro atoms. The van der Waals surface area contributed by atoms with Crippen molar-refractivity contribution in [2.75, 3.05) is 47.5 Å². The van der Waals surface area contributed by atoms with Crippen LogP contribution in [0.1, 0.15) is 277 Å². The number of allylic oxidation sites excluding steroid dienone is 12. The number of quaternary nitrogens is 1. The molecule has 0 rings (SSSR count). The first-order valence-corrected chi connectivity index (χ1v) is 32.6. The average molecular weight is 1070 g/mol. The minimum atomic E-state index is -4.64. The number of rotatable bonds is 57. The number of unbranched alkanes of at least 4 members (excludes halogenated alkanes) is 31. The molecule has 0 N–H and O–H groups in total. The van der Waals surface area contributed by atoms with E-state index in [1.807, 2.05) is 21.1 Å². The van der Waals surface area contributed by atoms with Crippen LogP contribution in [0.3, 0.4) is 0 Å². The van der Waals surface area contributed by atoms with E-state index in [2.05, 4.69) is 86.8 Å². The largest absolute Gasteiger partial charge is 0.756 e. The second-order valence-corrected chi connectivity index (χ2v) is 23.5. The summed E-state index contributed by atoms with van der Waals surface area (Å²) in [4.78, 5) is 37.9. The normalized spacial score (nSPS) is 13.7. The Bertz CT molecular complexity index is 1500. The molecule has 10 heteroatoms. The van der Waals surface area contributed by atoms with Gasteiger partial charge in [-0.2, -0.15) is 0 Å². The number of likely N-dealkylation sites (N-methyl/N-ethyl adjacent to an activating group) is 1. The minimum absolute atomic E-state index is 0.0309. The van der Waals surface area contributed by atoms with Gasteiger partial charge in [0, 0.05) is 12.8 Å². The van der Waals surface area contributed by atoms with Crippen LogP contribution in [0.4, 0.5) is 0 Å². The molecule has 0 aliphatic heterocycles. The molecule has 75 heavy (non-hydrogen) atoms. The van der Waals surface area contributed by atoms with E-state index in [1.165, 1.54) is 167 Å². The Kier molecular flexibility index (Phi) is 54.3. The van der Waals surface area contributed by atoms with Gasteiger partial charge < -0.3 is 27.9 Å². The molecule has 0 aromatic rings. The Morgan fingerprint density at radius 3 is 1.13 bits per heavy atom. The van der Waals surface area contributed by atoms with Crippen molar-refractivity contribution in [3.63, 3.8) is 0 Å². The average Bonchev–Trinajstić information content (AvgIpc) is 3.37. The summed E-state index contributed by atoms with van der Waals surface area (Å²) in [5.74, 6) is -0.823. The number of esters is 2. The highest BCUT2D eigenvalue weighted by Crippen LogP contribution is 2.38. The SMILES string of the molecule is CC/C=C\C/C=C\C/C=C\C/C=C\C/C=C\C/C=C\CCCCCCCCCCCCCCCCC(=O)OC(COC(=O)CCCCCCCCCCCCCCCCCCCC)COP(=O)([O-])OCC[N+](C)(C)C. The molecule has 0 aliphatic rings. The maximum atomic E-state index is 12.8. The van der Waals surface area contributed by atoms with E-state index in [0.29, 0.717) is 17.4 Å². The van der Waals surface area contributed by atoms with Gasteiger partial charge in [-0.05, 0) is 64.2 Å². The standard InChI is InChI=1S/C65H118NO8P/c1-6-8-10-12-14-16-18-20-22-24-26-27-28-29-30-31-32-33-34-35-36-37-38-39-40-42-44-46-48-50-52-54-56-58-65(68)74-63(62-73-75(69,70)72-60-59-66(3,4)5)61-71-64(67)57-55-53-51-49-47-45-43-41-25-23-21-19-17-15-13-11-9-7-2/h8,10,14,16,20,22,26-27,29-30,32-33,63H,6-7,9,11-13,15,17-19,21,23-25,28,31,34-62H2,1-5H3/b10-8-,16-14-,22-20-,27-26-,30-29-,33-32-. The highest BCUT2D eigenvalue weighted by atomic mass is 31.2. The van der Waals surface area contributed by atoms with E-state index in [-0.39, 0.29) is 32.0 Å². The van der Waals surface area contributed by atoms with Gasteiger partial charge in [0.1, 0.15) is 19.8 Å². The van der Waals surface area contributed by atoms with Crippen LogP contribution in [0, 0.1) is 0 Å². The Labute approximate surface area is 463 Å². The number of ether oxygens (including phenoxy) is 2. The molecule has 2 unspecified atom stereocenters. The zero-order valence-electron chi connectivity index (χ0n) is 49.5. The first-order chi connectivity index (χ1) is 36.5. The van der Waals surface area contributed by atoms with Gasteiger partial charge >= 0.3 is 11.9 Å². The number of carbonyl (C=O) groups is 2. The third kappa shape index (κ3) is 60.5. The maximum absolute atomic E-state index is 12.8. The van der Waals surface area contributed by atoms with Gasteiger partial charge in [-0.15, -0.1) is 0 Å². The highest BCUT2D eigenvalue weighted by molar-refractivity contribution is 7.45. The van der Waals surface area contributed by atoms with Crippen LogP contribution in [0.15, 0.2) is 72.9 Å². The summed E-state index contributed by atoms with van der Waals surface area (Å²) in [5.41, 5.74) is 0. The smallest absolute Gasteiger partial charge is 0.306 e. The zero-order chi connectivity index (χ0) is 54.9. The topological polar surface area (TPSA) is 111 Å². The summed E-state index contributed by atoms with van der Waals surface area (Å²) < 4.78 is 34.2. The van der Waals surface area contributed by atoms with Gasteiger partial charge in [0.2, 0.25) is 0 Å². The second-order valence-electron chi connectivity index (χ2n) is 22.0. The van der Waals surface area contributed by atoms with Gasteiger partial charge in [0.05, 0.1) is 27.7 Å². The molecule has 0 amide bonds. The number of phosphoric ester groups is 1. The second kappa shape index (κ2) is 56.2. The van der Waals surface area contributed by atoms with Gasteiger partial charge in [-0.1, -0.05) is 273 Å². The van der Waals surface area contributed by atoms with Crippen LogP contribution in [-0.2, 0) is 32.7 Å². The van der Waals surface area contributed by atoms with Crippen LogP contribution in [0.25, 0.3) is 0 Å². The van der Waals surface area contributed by atoms with Crippen LogP contribution in [0.5, 0.6) is 0 Å². The molecule has 0 saturated carbocycles. The fourth-order valence-electron chi connectivity index (χ4n) is 8.72. The lowest BCUT2D eigenvalue weighted by Gasteiger charge is -2.28. The Hall–Kier alpha value is -2.55. The van der Waals surface area contributed by atoms with Crippen molar-refractivity contribution in [3.8, 4) is 0 Å². The van der Waals surface area contributed by atoms with E-state index in [9.17, 15) is 19.0 Å². The summed E-state index contributed by atoms with van der Waals surface area (Å²) in [7, 11) is 1.17. The van der Waals surface area contributed by atoms with Crippen molar-refractivity contribution in [2.24, 2.45) is 0 Å². The summed E-state index contributed by atoms with van der Waals surface area (Å²) >= 11 is 0. The number of nitrogens with zero attached hydrogens (tertiary/aromatic N) is 1. The molecular weight excluding hydrogens is 954 g/mol. The number of phosphoric acid groups is 1. The molecule has 9 nitrogen and oxygen atoms in total. The minimum Gasteiger partial charge on any atom is -0.756 e. The molecule has 0 bridgehead atoms. The Morgan fingerprint density at radius 2 is 0.760 bits per heavy atom. The third-order valence-electron chi connectivity index (χ3n) is 13.5. The zero-order valence-corrected chi connectivity index (χ0v) is 50.4. The van der Waals surface area contributed by atoms with E-state index in [1.54, 1.807) is 0 Å². The van der Waals surface area contributed by atoms with Gasteiger partial charge in [-0.3, -0.25) is 14.2 Å². The van der Waals surface area contributed by atoms with Crippen LogP contribution >= 0.6 is 7.82 Å². The Morgan fingerprint density at radius 1 is 0.427 bits per heavy atom. The number of carbonyl (C=O) groups excluding carboxylic acids is 2. The first kappa shape index (κ1) is 72.5. The van der Waals surface area contributed by atoms with Crippen molar-refractivity contribution in [1.82, 2.24) is 0 Å². The fourth-order valence-corrected chi connectivity index (χ4v) is 9.45. The fraction of sp³-hybridized carbons (Fsp3) is 0.785. The van der Waals surface area contributed by atoms with Gasteiger partial charge in [-0.25, -0.2) is 0 Å². The summed E-state index contributed by atoms with van der Waals surface area (Å²) in [6, 6.07) is 0. The van der Waals surface area contributed by atoms with E-state index in [0.717, 1.165) is 77.0 Å². The lowest BCUT2D eigenvalue weighted by Crippen LogP contribution is -2.37. The van der Waals surface area contributed by atoms with E-state index < -0.39 is 26.5 Å². The van der Waals surface area contributed by atoms with Gasteiger partial charge in [0.15, 0.2) is 6.10 Å². The van der Waals surface area contributed by atoms with Crippen LogP contribution in [-0.4, -0.2) is 70.0 Å². The lowest BCUT2D eigenvalue weighted by molar-refractivity contribution is -0.870. The molecule has 0 radical (unpaired) electrons. The molecule has 0 aliphatic carbocycles. The highest BCUT2D eigenvalue weighted by Gasteiger charge is 2.22. The third-order valence-corrected chi connectivity index (χ3v) is 14.5. The summed E-state index contributed by atoms with van der Waals surface area (Å²) in [6.45, 7) is 4.16. The van der Waals surface area contributed by atoms with Gasteiger partial charge in [0.25, 0.3) is 7.82 Å². The summed E-state index contributed by atoms with van der Waals surface area (Å²) in [6.07, 6.45) is 73.8. The van der Waals surface area contributed by atoms with Crippen molar-refractivity contribution >= 4 is 19.8 Å². The molecule has 0 saturated heterocycles. The Balaban J connectivity index is 4.07. The van der Waals surface area contributed by atoms with Crippen LogP contribution < -0.4 is 4.89 Å².